The number of nitrogens with zero attached hydrogens (tertiary/aromatic N) is 2. The van der Waals surface area contributed by atoms with E-state index in [1.165, 1.54) is 0 Å². The van der Waals surface area contributed by atoms with Gasteiger partial charge in [0.2, 0.25) is 0 Å². The average molecular weight is 210 g/mol. The van der Waals surface area contributed by atoms with Crippen molar-refractivity contribution < 1.29 is 4.79 Å². The molecule has 9 nitrogen and oxygen atoms in total. The minimum Gasteiger partial charge on any atom is -0.291 e. The number of nitrogen functional groups attached to an aromatic ring is 1. The smallest absolute Gasteiger partial charge is 0.291 e. The Morgan fingerprint density at radius 2 is 2.20 bits per heavy atom. The number of carbonyl (C=O) groups is 1. The van der Waals surface area contributed by atoms with Crippen molar-refractivity contribution in [2.75, 3.05) is 0 Å². The maximum atomic E-state index is 11.2. The van der Waals surface area contributed by atoms with Crippen LogP contribution in [0.5, 0.6) is 0 Å². The van der Waals surface area contributed by atoms with Crippen molar-refractivity contribution in [3.8, 4) is 0 Å². The van der Waals surface area contributed by atoms with Crippen molar-refractivity contribution in [2.45, 2.75) is 0 Å². The normalized spacial score (nSPS) is 10.5. The first-order chi connectivity index (χ1) is 7.13. The molecule has 2 rings (SSSR count). The van der Waals surface area contributed by atoms with Crippen LogP contribution >= 0.6 is 0 Å². The molecular formula is C6H6N6O3. The fraction of sp³-hybridized carbons (Fsp3) is 0. The summed E-state index contributed by atoms with van der Waals surface area (Å²) in [5.41, 5.74) is 0.405. The summed E-state index contributed by atoms with van der Waals surface area (Å²) in [6.07, 6.45) is 1.08. The van der Waals surface area contributed by atoms with Gasteiger partial charge in [-0.3, -0.25) is 20.2 Å². The fourth-order valence-electron chi connectivity index (χ4n) is 1.16. The topological polar surface area (TPSA) is 139 Å². The van der Waals surface area contributed by atoms with Crippen LogP contribution in [-0.2, 0) is 0 Å². The van der Waals surface area contributed by atoms with Crippen LogP contribution in [-0.4, -0.2) is 25.6 Å². The number of rotatable bonds is 0. The second kappa shape index (κ2) is 3.06. The summed E-state index contributed by atoms with van der Waals surface area (Å²) >= 11 is 0. The fourth-order valence-corrected chi connectivity index (χ4v) is 1.16. The van der Waals surface area contributed by atoms with E-state index in [-0.39, 0.29) is 11.2 Å². The second-order valence-corrected chi connectivity index (χ2v) is 2.67. The molecule has 9 heteroatoms. The van der Waals surface area contributed by atoms with Gasteiger partial charge in [0.1, 0.15) is 6.33 Å². The molecule has 0 radical (unpaired) electrons. The molecule has 2 aromatic rings. The van der Waals surface area contributed by atoms with Crippen LogP contribution < -0.4 is 22.5 Å². The first-order valence-corrected chi connectivity index (χ1v) is 3.84. The molecule has 0 saturated carbocycles. The first kappa shape index (κ1) is 9.15. The van der Waals surface area contributed by atoms with Gasteiger partial charge in [-0.2, -0.15) is 0 Å². The third kappa shape index (κ3) is 1.30. The van der Waals surface area contributed by atoms with E-state index in [2.05, 4.69) is 9.97 Å². The Labute approximate surface area is 80.9 Å². The minimum absolute atomic E-state index is 0.00769. The maximum absolute atomic E-state index is 11.2. The summed E-state index contributed by atoms with van der Waals surface area (Å²) in [6, 6.07) is -0.709. The zero-order valence-corrected chi connectivity index (χ0v) is 7.27. The van der Waals surface area contributed by atoms with E-state index >= 15 is 0 Å². The molecule has 0 aliphatic rings. The van der Waals surface area contributed by atoms with Crippen LogP contribution in [0.4, 0.5) is 4.79 Å². The molecule has 1 amide bonds. The number of carbonyl (C=O) groups excluding carboxylic acids is 1. The molecule has 0 fully saturated rings. The Morgan fingerprint density at radius 1 is 1.47 bits per heavy atom. The van der Waals surface area contributed by atoms with E-state index in [0.29, 0.717) is 0 Å². The van der Waals surface area contributed by atoms with Crippen molar-refractivity contribution in [3.63, 3.8) is 0 Å². The zero-order valence-electron chi connectivity index (χ0n) is 7.27. The van der Waals surface area contributed by atoms with Crippen LogP contribution in [0.3, 0.4) is 0 Å². The summed E-state index contributed by atoms with van der Waals surface area (Å²) in [7, 11) is 0. The summed E-state index contributed by atoms with van der Waals surface area (Å²) in [4.78, 5) is 41.2. The highest BCUT2D eigenvalue weighted by atomic mass is 16.2. The lowest BCUT2D eigenvalue weighted by molar-refractivity contribution is 0.243. The van der Waals surface area contributed by atoms with E-state index in [1.807, 2.05) is 10.4 Å². The number of H-pyrrole nitrogens is 2. The number of hydrazine groups is 1. The van der Waals surface area contributed by atoms with Gasteiger partial charge in [0.05, 0.1) is 0 Å². The van der Waals surface area contributed by atoms with Crippen molar-refractivity contribution in [3.05, 3.63) is 27.2 Å². The number of aromatic amines is 2. The number of amides is 1. The Balaban J connectivity index is 2.86. The molecule has 0 aliphatic heterocycles. The van der Waals surface area contributed by atoms with Gasteiger partial charge in [-0.1, -0.05) is 0 Å². The first-order valence-electron chi connectivity index (χ1n) is 3.84. The summed E-state index contributed by atoms with van der Waals surface area (Å²) in [6.45, 7) is 0. The summed E-state index contributed by atoms with van der Waals surface area (Å²) in [5.74, 6) is 4.90. The molecule has 0 aliphatic carbocycles. The van der Waals surface area contributed by atoms with Gasteiger partial charge in [-0.15, -0.1) is 0 Å². The predicted octanol–water partition coefficient (Wildman–Crippen LogP) is -2.16. The number of nitrogens with one attached hydrogen (secondary N) is 3. The number of nitrogens with two attached hydrogens (primary N) is 1. The van der Waals surface area contributed by atoms with Gasteiger partial charge >= 0.3 is 11.7 Å². The van der Waals surface area contributed by atoms with Gasteiger partial charge in [0, 0.05) is 0 Å². The molecule has 0 spiro atoms. The Kier molecular flexibility index (Phi) is 1.87. The van der Waals surface area contributed by atoms with Crippen molar-refractivity contribution in [1.82, 2.24) is 24.9 Å². The number of hydrogen-bond acceptors (Lipinski definition) is 5. The predicted molar refractivity (Wildman–Crippen MR) is 49.1 cm³/mol. The molecular weight excluding hydrogens is 204 g/mol. The standard InChI is InChI=1S/C6H6N6O3/c7-11-6(15)12-1-8-2-3(12)9-5(14)10-4(2)13/h1H,7H2,(H,11,15)(H2,9,10,13,14). The molecule has 0 aromatic carbocycles. The SMILES string of the molecule is NNC(=O)n1cnc2c(=O)[nH]c(=O)[nH]c21. The molecule has 15 heavy (non-hydrogen) atoms. The quantitative estimate of drug-likeness (QED) is 0.223. The van der Waals surface area contributed by atoms with Crippen LogP contribution in [0.1, 0.15) is 0 Å². The molecule has 2 heterocycles. The molecule has 0 unspecified atom stereocenters. The van der Waals surface area contributed by atoms with Crippen LogP contribution in [0, 0.1) is 0 Å². The molecule has 5 N–H and O–H groups in total. The highest BCUT2D eigenvalue weighted by Crippen LogP contribution is 2.00. The maximum Gasteiger partial charge on any atom is 0.342 e. The average Bonchev–Trinajstić information content (AvgIpc) is 2.60. The van der Waals surface area contributed by atoms with E-state index in [9.17, 15) is 14.4 Å². The Bertz CT molecular complexity index is 634. The molecule has 2 aromatic heterocycles. The lowest BCUT2D eigenvalue weighted by Gasteiger charge is -1.99. The van der Waals surface area contributed by atoms with Crippen LogP contribution in [0.25, 0.3) is 11.2 Å². The molecule has 0 saturated heterocycles. The second-order valence-electron chi connectivity index (χ2n) is 2.67. The zero-order chi connectivity index (χ0) is 11.0. The van der Waals surface area contributed by atoms with Gasteiger partial charge in [-0.25, -0.2) is 25.0 Å². The van der Waals surface area contributed by atoms with Gasteiger partial charge in [0.15, 0.2) is 11.2 Å². The highest BCUT2D eigenvalue weighted by molar-refractivity contribution is 5.85. The van der Waals surface area contributed by atoms with Gasteiger partial charge in [-0.05, 0) is 0 Å². The Morgan fingerprint density at radius 3 is 2.87 bits per heavy atom. The number of aromatic nitrogens is 4. The largest absolute Gasteiger partial charge is 0.342 e. The van der Waals surface area contributed by atoms with Crippen molar-refractivity contribution in [2.24, 2.45) is 5.84 Å². The third-order valence-electron chi connectivity index (χ3n) is 1.78. The highest BCUT2D eigenvalue weighted by Gasteiger charge is 2.11. The van der Waals surface area contributed by atoms with E-state index in [1.54, 1.807) is 0 Å². The summed E-state index contributed by atoms with van der Waals surface area (Å²) in [5, 5.41) is 0. The molecule has 0 atom stereocenters. The minimum atomic E-state index is -0.723. The van der Waals surface area contributed by atoms with Crippen molar-refractivity contribution in [1.29, 1.82) is 0 Å². The monoisotopic (exact) mass is 210 g/mol. The third-order valence-corrected chi connectivity index (χ3v) is 1.78. The Hall–Kier alpha value is -2.42. The number of imidazole rings is 1. The number of hydrogen-bond donors (Lipinski definition) is 4. The van der Waals surface area contributed by atoms with Gasteiger partial charge < -0.3 is 0 Å². The van der Waals surface area contributed by atoms with Crippen LogP contribution in [0.15, 0.2) is 15.9 Å². The van der Waals surface area contributed by atoms with Gasteiger partial charge in [0.25, 0.3) is 5.56 Å². The van der Waals surface area contributed by atoms with E-state index in [4.69, 9.17) is 5.84 Å². The lowest BCUT2D eigenvalue weighted by atomic mass is 10.5. The van der Waals surface area contributed by atoms with E-state index in [0.717, 1.165) is 10.9 Å². The van der Waals surface area contributed by atoms with E-state index < -0.39 is 17.3 Å². The van der Waals surface area contributed by atoms with Crippen molar-refractivity contribution >= 4 is 17.2 Å². The summed E-state index contributed by atoms with van der Waals surface area (Å²) < 4.78 is 0.923. The molecule has 78 valence electrons. The number of fused-ring (bicyclic) bond motifs is 1. The lowest BCUT2D eigenvalue weighted by Crippen LogP contribution is -2.34. The van der Waals surface area contributed by atoms with Crippen LogP contribution in [0.2, 0.25) is 0 Å². The molecule has 0 bridgehead atoms.